The Balaban J connectivity index is 0.000000310. The molecule has 0 saturated carbocycles. The Morgan fingerprint density at radius 1 is 1.38 bits per heavy atom. The smallest absolute Gasteiger partial charge is 0.145 e. The minimum Gasteiger partial charge on any atom is -0.356 e. The van der Waals surface area contributed by atoms with Crippen molar-refractivity contribution in [1.82, 2.24) is 0 Å². The minimum absolute atomic E-state index is 0.650. The summed E-state index contributed by atoms with van der Waals surface area (Å²) < 4.78 is 0. The summed E-state index contributed by atoms with van der Waals surface area (Å²) in [5.74, 6) is 0. The summed E-state index contributed by atoms with van der Waals surface area (Å²) in [6, 6.07) is 9.29. The van der Waals surface area contributed by atoms with Gasteiger partial charge in [0.05, 0.1) is 5.09 Å². The van der Waals surface area contributed by atoms with E-state index in [1.807, 2.05) is 24.3 Å². The lowest BCUT2D eigenvalue weighted by molar-refractivity contribution is -0.402. The molecule has 0 aliphatic heterocycles. The van der Waals surface area contributed by atoms with Gasteiger partial charge in [0.25, 0.3) is 0 Å². The molecule has 1 aromatic carbocycles. The third-order valence-electron chi connectivity index (χ3n) is 1.14. The van der Waals surface area contributed by atoms with Crippen molar-refractivity contribution >= 4 is 5.69 Å². The van der Waals surface area contributed by atoms with Gasteiger partial charge in [-0.25, -0.2) is 0 Å². The van der Waals surface area contributed by atoms with Crippen LogP contribution < -0.4 is 5.73 Å². The van der Waals surface area contributed by atoms with Crippen LogP contribution in [0.2, 0.25) is 0 Å². The van der Waals surface area contributed by atoms with Crippen LogP contribution in [0.25, 0.3) is 0 Å². The van der Waals surface area contributed by atoms with Gasteiger partial charge in [0.1, 0.15) is 17.3 Å². The fourth-order valence-electron chi connectivity index (χ4n) is 0.629. The SMILES string of the molecule is N#Cc1ccccc1[NH3+].O=[N+]([O-])[O-]. The zero-order valence-electron chi connectivity index (χ0n) is 6.64. The van der Waals surface area contributed by atoms with E-state index in [9.17, 15) is 0 Å². The molecular formula is C7H7N3O3. The zero-order chi connectivity index (χ0) is 10.3. The second kappa shape index (κ2) is 5.51. The molecule has 0 spiro atoms. The predicted octanol–water partition coefficient (Wildman–Crippen LogP) is 0.193. The van der Waals surface area contributed by atoms with Gasteiger partial charge in [0, 0.05) is 6.07 Å². The molecule has 0 amide bonds. The summed E-state index contributed by atoms with van der Waals surface area (Å²) in [5.41, 5.74) is 5.11. The van der Waals surface area contributed by atoms with Crippen LogP contribution in [0.3, 0.4) is 0 Å². The molecule has 0 fully saturated rings. The van der Waals surface area contributed by atoms with Crippen molar-refractivity contribution in [3.63, 3.8) is 0 Å². The van der Waals surface area contributed by atoms with Crippen LogP contribution in [0.4, 0.5) is 5.69 Å². The first-order chi connectivity index (χ1) is 6.07. The van der Waals surface area contributed by atoms with Gasteiger partial charge in [-0.05, 0) is 6.07 Å². The highest BCUT2D eigenvalue weighted by Gasteiger charge is 1.95. The maximum absolute atomic E-state index is 8.43. The summed E-state index contributed by atoms with van der Waals surface area (Å²) in [4.78, 5) is 8.25. The van der Waals surface area contributed by atoms with Crippen LogP contribution in [0, 0.1) is 26.7 Å². The second-order valence-corrected chi connectivity index (χ2v) is 1.99. The predicted molar refractivity (Wildman–Crippen MR) is 44.1 cm³/mol. The molecule has 6 heteroatoms. The van der Waals surface area contributed by atoms with Crippen molar-refractivity contribution in [3.8, 4) is 6.07 Å². The molecule has 0 bridgehead atoms. The Morgan fingerprint density at radius 3 is 2.15 bits per heavy atom. The van der Waals surface area contributed by atoms with Gasteiger partial charge in [-0.3, -0.25) is 0 Å². The van der Waals surface area contributed by atoms with Gasteiger partial charge in [-0.2, -0.15) is 5.26 Å². The zero-order valence-corrected chi connectivity index (χ0v) is 6.64. The molecule has 0 aromatic heterocycles. The number of hydrogen-bond acceptors (Lipinski definition) is 4. The lowest BCUT2D eigenvalue weighted by Gasteiger charge is -1.86. The summed E-state index contributed by atoms with van der Waals surface area (Å²) in [6.07, 6.45) is 0. The molecule has 0 unspecified atom stereocenters. The average Bonchev–Trinajstić information content (AvgIpc) is 2.04. The average molecular weight is 181 g/mol. The van der Waals surface area contributed by atoms with E-state index in [-0.39, 0.29) is 0 Å². The largest absolute Gasteiger partial charge is 0.356 e. The monoisotopic (exact) mass is 181 g/mol. The molecule has 13 heavy (non-hydrogen) atoms. The van der Waals surface area contributed by atoms with E-state index in [1.54, 1.807) is 6.07 Å². The number of benzene rings is 1. The first-order valence-corrected chi connectivity index (χ1v) is 3.20. The highest BCUT2D eigenvalue weighted by molar-refractivity contribution is 5.46. The minimum atomic E-state index is -1.75. The molecule has 3 N–H and O–H groups in total. The van der Waals surface area contributed by atoms with Gasteiger partial charge < -0.3 is 21.1 Å². The van der Waals surface area contributed by atoms with E-state index in [1.165, 1.54) is 0 Å². The first-order valence-electron chi connectivity index (χ1n) is 3.20. The normalized spacial score (nSPS) is 7.69. The molecule has 0 aliphatic rings. The van der Waals surface area contributed by atoms with Gasteiger partial charge in [-0.1, -0.05) is 12.1 Å². The Morgan fingerprint density at radius 2 is 1.85 bits per heavy atom. The van der Waals surface area contributed by atoms with Crippen molar-refractivity contribution in [3.05, 3.63) is 45.2 Å². The maximum Gasteiger partial charge on any atom is 0.145 e. The van der Waals surface area contributed by atoms with Crippen LogP contribution in [0.5, 0.6) is 0 Å². The van der Waals surface area contributed by atoms with Gasteiger partial charge in [0.15, 0.2) is 0 Å². The molecule has 0 aliphatic carbocycles. The van der Waals surface area contributed by atoms with Gasteiger partial charge in [0.2, 0.25) is 0 Å². The third-order valence-corrected chi connectivity index (χ3v) is 1.14. The first kappa shape index (κ1) is 10.9. The van der Waals surface area contributed by atoms with Crippen molar-refractivity contribution in [2.75, 3.05) is 0 Å². The molecule has 68 valence electrons. The van der Waals surface area contributed by atoms with Gasteiger partial charge >= 0.3 is 0 Å². The second-order valence-electron chi connectivity index (χ2n) is 1.99. The Hall–Kier alpha value is -2.13. The molecule has 0 heterocycles. The van der Waals surface area contributed by atoms with E-state index >= 15 is 0 Å². The maximum atomic E-state index is 8.43. The van der Waals surface area contributed by atoms with E-state index in [0.29, 0.717) is 5.56 Å². The number of hydrogen-bond donors (Lipinski definition) is 1. The quantitative estimate of drug-likeness (QED) is 0.454. The Kier molecular flexibility index (Phi) is 4.61. The Labute approximate surface area is 73.9 Å². The van der Waals surface area contributed by atoms with Crippen LogP contribution in [0.15, 0.2) is 24.3 Å². The molecular weight excluding hydrogens is 174 g/mol. The molecule has 0 saturated heterocycles. The van der Waals surface area contributed by atoms with Crippen molar-refractivity contribution in [2.45, 2.75) is 0 Å². The van der Waals surface area contributed by atoms with Gasteiger partial charge in [-0.15, -0.1) is 0 Å². The van der Waals surface area contributed by atoms with Crippen LogP contribution >= 0.6 is 0 Å². The summed E-state index contributed by atoms with van der Waals surface area (Å²) in [7, 11) is 0. The molecule has 0 atom stereocenters. The van der Waals surface area contributed by atoms with Crippen LogP contribution in [-0.2, 0) is 0 Å². The fourth-order valence-corrected chi connectivity index (χ4v) is 0.629. The van der Waals surface area contributed by atoms with E-state index in [0.717, 1.165) is 5.69 Å². The number of rotatable bonds is 0. The number of quaternary nitrogens is 1. The van der Waals surface area contributed by atoms with Crippen molar-refractivity contribution < 1.29 is 10.8 Å². The lowest BCUT2D eigenvalue weighted by Crippen LogP contribution is -2.41. The molecule has 1 aromatic rings. The lowest BCUT2D eigenvalue weighted by atomic mass is 10.2. The Bertz CT molecular complexity index is 328. The van der Waals surface area contributed by atoms with Crippen LogP contribution in [0.1, 0.15) is 5.56 Å². The number of nitrogens with zero attached hydrogens (tertiary/aromatic N) is 2. The topological polar surface area (TPSA) is 118 Å². The molecule has 1 rings (SSSR count). The summed E-state index contributed by atoms with van der Waals surface area (Å²) in [5, 5.41) is 23.2. The third kappa shape index (κ3) is 5.17. The molecule has 6 nitrogen and oxygen atoms in total. The van der Waals surface area contributed by atoms with E-state index < -0.39 is 5.09 Å². The molecule has 0 radical (unpaired) electrons. The van der Waals surface area contributed by atoms with Crippen LogP contribution in [-0.4, -0.2) is 5.09 Å². The van der Waals surface area contributed by atoms with Crippen molar-refractivity contribution in [2.24, 2.45) is 0 Å². The highest BCUT2D eigenvalue weighted by atomic mass is 16.9. The van der Waals surface area contributed by atoms with E-state index in [2.05, 4.69) is 5.73 Å². The standard InChI is InChI=1S/C7H6N2.NO3/c8-5-6-3-1-2-4-7(6)9;2-1(3)4/h1-4H,9H2;/q;-1/p+1. The number of nitriles is 1. The summed E-state index contributed by atoms with van der Waals surface area (Å²) >= 11 is 0. The van der Waals surface area contributed by atoms with Crippen molar-refractivity contribution in [1.29, 1.82) is 5.26 Å². The fraction of sp³-hybridized carbons (Fsp3) is 0. The van der Waals surface area contributed by atoms with E-state index in [4.69, 9.17) is 20.6 Å². The summed E-state index contributed by atoms with van der Waals surface area (Å²) in [6.45, 7) is 0. The highest BCUT2D eigenvalue weighted by Crippen LogP contribution is 2.04.